The molecule has 0 atom stereocenters. The van der Waals surface area contributed by atoms with Crippen LogP contribution in [-0.2, 0) is 6.42 Å². The molecule has 3 heterocycles. The lowest BCUT2D eigenvalue weighted by molar-refractivity contribution is 1.03. The zero-order valence-corrected chi connectivity index (χ0v) is 16.4. The largest absolute Gasteiger partial charge is 0.368 e. The van der Waals surface area contributed by atoms with Gasteiger partial charge in [-0.05, 0) is 60.3 Å². The summed E-state index contributed by atoms with van der Waals surface area (Å²) in [6.45, 7) is 2.06. The fraction of sp³-hybridized carbons (Fsp3) is 0.130. The summed E-state index contributed by atoms with van der Waals surface area (Å²) in [7, 11) is 2.02. The van der Waals surface area contributed by atoms with Crippen molar-refractivity contribution in [3.8, 4) is 0 Å². The van der Waals surface area contributed by atoms with Crippen molar-refractivity contribution in [3.05, 3.63) is 77.7 Å². The van der Waals surface area contributed by atoms with Gasteiger partial charge in [-0.25, -0.2) is 4.98 Å². The third-order valence-corrected chi connectivity index (χ3v) is 5.32. The zero-order valence-electron chi connectivity index (χ0n) is 16.4. The SMILES string of the molecule is Cc1cc2cc(N(C)c3nc(N)ncc3Cc3ccc4[nH]ccc4c3)ccc2[nH]1. The van der Waals surface area contributed by atoms with Crippen molar-refractivity contribution >= 4 is 39.3 Å². The zero-order chi connectivity index (χ0) is 20.0. The number of H-pyrrole nitrogens is 2. The van der Waals surface area contributed by atoms with E-state index in [1.165, 1.54) is 16.3 Å². The molecule has 0 saturated carbocycles. The predicted molar refractivity (Wildman–Crippen MR) is 119 cm³/mol. The molecule has 6 nitrogen and oxygen atoms in total. The van der Waals surface area contributed by atoms with Crippen LogP contribution in [0.2, 0.25) is 0 Å². The second kappa shape index (κ2) is 6.67. The second-order valence-electron chi connectivity index (χ2n) is 7.44. The number of aromatic amines is 2. The molecule has 0 radical (unpaired) electrons. The van der Waals surface area contributed by atoms with Gasteiger partial charge in [0.05, 0.1) is 0 Å². The van der Waals surface area contributed by atoms with Crippen LogP contribution >= 0.6 is 0 Å². The van der Waals surface area contributed by atoms with Gasteiger partial charge in [-0.3, -0.25) is 0 Å². The van der Waals surface area contributed by atoms with Gasteiger partial charge < -0.3 is 20.6 Å². The minimum atomic E-state index is 0.273. The van der Waals surface area contributed by atoms with Gasteiger partial charge in [0.2, 0.25) is 5.95 Å². The second-order valence-corrected chi connectivity index (χ2v) is 7.44. The van der Waals surface area contributed by atoms with E-state index in [2.05, 4.69) is 80.3 Å². The van der Waals surface area contributed by atoms with Crippen LogP contribution < -0.4 is 10.6 Å². The predicted octanol–water partition coefficient (Wildman–Crippen LogP) is 4.69. The topological polar surface area (TPSA) is 86.6 Å². The number of rotatable bonds is 4. The molecule has 2 aromatic carbocycles. The Balaban J connectivity index is 1.53. The molecule has 0 bridgehead atoms. The van der Waals surface area contributed by atoms with Crippen LogP contribution in [0.3, 0.4) is 0 Å². The van der Waals surface area contributed by atoms with E-state index in [1.807, 2.05) is 19.4 Å². The normalized spacial score (nSPS) is 11.4. The van der Waals surface area contributed by atoms with Crippen LogP contribution in [0.4, 0.5) is 17.5 Å². The van der Waals surface area contributed by atoms with Gasteiger partial charge in [0.25, 0.3) is 0 Å². The molecule has 0 saturated heterocycles. The van der Waals surface area contributed by atoms with Crippen LogP contribution in [0.1, 0.15) is 16.8 Å². The van der Waals surface area contributed by atoms with Crippen LogP contribution in [-0.4, -0.2) is 27.0 Å². The molecule has 5 rings (SSSR count). The first-order valence-electron chi connectivity index (χ1n) is 9.57. The molecular formula is C23H22N6. The summed E-state index contributed by atoms with van der Waals surface area (Å²) in [6, 6.07) is 17.0. The maximum absolute atomic E-state index is 5.93. The first kappa shape index (κ1) is 17.3. The highest BCUT2D eigenvalue weighted by molar-refractivity contribution is 5.85. The molecule has 0 amide bonds. The van der Waals surface area contributed by atoms with Gasteiger partial charge in [0.1, 0.15) is 5.82 Å². The van der Waals surface area contributed by atoms with Crippen molar-refractivity contribution in [2.75, 3.05) is 17.7 Å². The Kier molecular flexibility index (Phi) is 3.98. The molecule has 4 N–H and O–H groups in total. The van der Waals surface area contributed by atoms with Crippen LogP contribution in [0.15, 0.2) is 60.9 Å². The first-order chi connectivity index (χ1) is 14.1. The van der Waals surface area contributed by atoms with Gasteiger partial charge in [-0.2, -0.15) is 4.98 Å². The Bertz CT molecular complexity index is 1330. The first-order valence-corrected chi connectivity index (χ1v) is 9.57. The number of benzene rings is 2. The molecule has 0 fully saturated rings. The molecule has 0 aliphatic carbocycles. The highest BCUT2D eigenvalue weighted by Gasteiger charge is 2.14. The van der Waals surface area contributed by atoms with E-state index in [-0.39, 0.29) is 5.95 Å². The maximum Gasteiger partial charge on any atom is 0.221 e. The number of nitrogens with zero attached hydrogens (tertiary/aromatic N) is 3. The number of hydrogen-bond donors (Lipinski definition) is 3. The lowest BCUT2D eigenvalue weighted by Crippen LogP contribution is -2.15. The molecule has 29 heavy (non-hydrogen) atoms. The maximum atomic E-state index is 5.93. The summed E-state index contributed by atoms with van der Waals surface area (Å²) < 4.78 is 0. The number of anilines is 3. The summed E-state index contributed by atoms with van der Waals surface area (Å²) in [5, 5.41) is 2.37. The molecule has 6 heteroatoms. The average molecular weight is 382 g/mol. The van der Waals surface area contributed by atoms with E-state index in [0.717, 1.165) is 40.2 Å². The molecule has 0 aliphatic heterocycles. The van der Waals surface area contributed by atoms with Crippen molar-refractivity contribution < 1.29 is 0 Å². The number of fused-ring (bicyclic) bond motifs is 2. The lowest BCUT2D eigenvalue weighted by Gasteiger charge is -2.21. The molecule has 0 spiro atoms. The van der Waals surface area contributed by atoms with E-state index in [4.69, 9.17) is 5.73 Å². The lowest BCUT2D eigenvalue weighted by atomic mass is 10.0. The van der Waals surface area contributed by atoms with E-state index < -0.39 is 0 Å². The minimum absolute atomic E-state index is 0.273. The summed E-state index contributed by atoms with van der Waals surface area (Å²) in [6.07, 6.45) is 4.51. The average Bonchev–Trinajstić information content (AvgIpc) is 3.33. The van der Waals surface area contributed by atoms with Gasteiger partial charge >= 0.3 is 0 Å². The summed E-state index contributed by atoms with van der Waals surface area (Å²) in [5.41, 5.74) is 12.6. The Hall–Kier alpha value is -3.80. The Morgan fingerprint density at radius 2 is 1.86 bits per heavy atom. The fourth-order valence-electron chi connectivity index (χ4n) is 3.85. The van der Waals surface area contributed by atoms with Crippen LogP contribution in [0.25, 0.3) is 21.8 Å². The van der Waals surface area contributed by atoms with E-state index in [9.17, 15) is 0 Å². The van der Waals surface area contributed by atoms with Crippen molar-refractivity contribution in [3.63, 3.8) is 0 Å². The van der Waals surface area contributed by atoms with Gasteiger partial charge in [0.15, 0.2) is 0 Å². The van der Waals surface area contributed by atoms with Gasteiger partial charge in [-0.1, -0.05) is 6.07 Å². The molecule has 0 aliphatic rings. The summed E-state index contributed by atoms with van der Waals surface area (Å²) in [5.74, 6) is 1.09. The highest BCUT2D eigenvalue weighted by Crippen LogP contribution is 2.30. The molecule has 144 valence electrons. The van der Waals surface area contributed by atoms with Crippen molar-refractivity contribution in [2.45, 2.75) is 13.3 Å². The monoisotopic (exact) mass is 382 g/mol. The van der Waals surface area contributed by atoms with E-state index in [1.54, 1.807) is 0 Å². The minimum Gasteiger partial charge on any atom is -0.368 e. The number of nitrogens with two attached hydrogens (primary N) is 1. The number of aryl methyl sites for hydroxylation is 1. The van der Waals surface area contributed by atoms with Gasteiger partial charge in [0, 0.05) is 59.2 Å². The third-order valence-electron chi connectivity index (χ3n) is 5.32. The van der Waals surface area contributed by atoms with Crippen molar-refractivity contribution in [2.24, 2.45) is 0 Å². The summed E-state index contributed by atoms with van der Waals surface area (Å²) in [4.78, 5) is 17.5. The Morgan fingerprint density at radius 3 is 2.76 bits per heavy atom. The smallest absolute Gasteiger partial charge is 0.221 e. The van der Waals surface area contributed by atoms with Crippen LogP contribution in [0.5, 0.6) is 0 Å². The standard InChI is InChI=1S/C23H22N6/c1-14-9-17-12-19(4-6-21(17)27-14)29(2)22-18(13-26-23(24)28-22)11-15-3-5-20-16(10-15)7-8-25-20/h3-10,12-13,25,27H,11H2,1-2H3,(H2,24,26,28). The molecule has 3 aromatic heterocycles. The number of hydrogen-bond acceptors (Lipinski definition) is 4. The van der Waals surface area contributed by atoms with E-state index >= 15 is 0 Å². The van der Waals surface area contributed by atoms with Crippen molar-refractivity contribution in [1.82, 2.24) is 19.9 Å². The number of nitrogen functional groups attached to an aromatic ring is 1. The Labute approximate surface area is 168 Å². The molecule has 0 unspecified atom stereocenters. The number of aromatic nitrogens is 4. The summed E-state index contributed by atoms with van der Waals surface area (Å²) >= 11 is 0. The third kappa shape index (κ3) is 3.18. The quantitative estimate of drug-likeness (QED) is 0.421. The number of nitrogens with one attached hydrogen (secondary N) is 2. The fourth-order valence-corrected chi connectivity index (χ4v) is 3.85. The molecular weight excluding hydrogens is 360 g/mol. The van der Waals surface area contributed by atoms with Crippen LogP contribution in [0, 0.1) is 6.92 Å². The van der Waals surface area contributed by atoms with Gasteiger partial charge in [-0.15, -0.1) is 0 Å². The highest BCUT2D eigenvalue weighted by atomic mass is 15.2. The Morgan fingerprint density at radius 1 is 1.00 bits per heavy atom. The van der Waals surface area contributed by atoms with E-state index in [0.29, 0.717) is 0 Å². The van der Waals surface area contributed by atoms with Crippen molar-refractivity contribution in [1.29, 1.82) is 0 Å². The molecule has 5 aromatic rings.